The fourth-order valence-electron chi connectivity index (χ4n) is 11.8. The van der Waals surface area contributed by atoms with Crippen LogP contribution in [0.4, 0.5) is 32.6 Å². The first-order chi connectivity index (χ1) is 54.9. The minimum Gasteiger partial charge on any atom is -0.494 e. The molecule has 3 atom stereocenters. The van der Waals surface area contributed by atoms with E-state index in [1.165, 1.54) is 33.7 Å². The van der Waals surface area contributed by atoms with Crippen molar-refractivity contribution in [2.24, 2.45) is 5.84 Å². The van der Waals surface area contributed by atoms with Crippen molar-refractivity contribution in [1.82, 2.24) is 45.0 Å². The van der Waals surface area contributed by atoms with Crippen LogP contribution in [0.3, 0.4) is 0 Å². The number of likely N-dealkylation sites (tertiary alicyclic amines) is 2. The van der Waals surface area contributed by atoms with Crippen LogP contribution in [0, 0.1) is 35.8 Å². The molecule has 27 nitrogen and oxygen atoms in total. The van der Waals surface area contributed by atoms with Crippen molar-refractivity contribution in [3.8, 4) is 69.2 Å². The number of para-hydroxylation sites is 3. The van der Waals surface area contributed by atoms with E-state index in [9.17, 15) is 14.4 Å². The molecule has 6 aromatic carbocycles. The van der Waals surface area contributed by atoms with Crippen LogP contribution in [0.2, 0.25) is 0 Å². The highest BCUT2D eigenvalue weighted by atomic mass is 16.6. The van der Waals surface area contributed by atoms with E-state index < -0.39 is 11.2 Å². The second-order valence-electron chi connectivity index (χ2n) is 29.5. The highest BCUT2D eigenvalue weighted by Gasteiger charge is 2.32. The average Bonchev–Trinajstić information content (AvgIpc) is 1.65. The summed E-state index contributed by atoms with van der Waals surface area (Å²) in [6.07, 6.45) is 5.09. The van der Waals surface area contributed by atoms with E-state index in [0.29, 0.717) is 71.1 Å². The second kappa shape index (κ2) is 47.5. The van der Waals surface area contributed by atoms with E-state index in [2.05, 4.69) is 51.2 Å². The SMILES string of the molecule is CC(=O)OC(C)(C)C.CC(C)(C)OC(=O)N1CCCC(NN)C1.CCN(CC)CC.CCO.COC(=C(C#N)C#N)c1ccc(Oc2ccccc2)cc1.[C-]#[N+]c1c(-c2ccc(Oc3ccccc3)cc2)nn(C2CCCN(C(=O)OC(C)(C)C)C2)c1N.[C-]#[N+]c1c(-c2ccc(Oc3ccccc3)cc2)nn(C2CCCNC2)c1N. The summed E-state index contributed by atoms with van der Waals surface area (Å²) < 4.78 is 41.6. The molecule has 27 heteroatoms. The summed E-state index contributed by atoms with van der Waals surface area (Å²) >= 11 is 0. The van der Waals surface area contributed by atoms with Gasteiger partial charge in [-0.2, -0.15) is 20.7 Å². The smallest absolute Gasteiger partial charge is 0.410 e. The maximum Gasteiger partial charge on any atom is 0.410 e. The predicted octanol–water partition coefficient (Wildman–Crippen LogP) is 17.9. The number of nitrogen functional groups attached to an aromatic ring is 2. The highest BCUT2D eigenvalue weighted by molar-refractivity contribution is 5.84. The maximum absolute atomic E-state index is 12.6. The first-order valence-electron chi connectivity index (χ1n) is 38.6. The summed E-state index contributed by atoms with van der Waals surface area (Å²) in [5.74, 6) is 10.5. The summed E-state index contributed by atoms with van der Waals surface area (Å²) in [6, 6.07) is 54.5. The number of aliphatic hydroxyl groups excluding tert-OH is 1. The number of nitrogens with two attached hydrogens (primary N) is 3. The fraction of sp³-hybridized carbons (Fsp3) is 0.420. The number of piperidine rings is 3. The molecule has 0 saturated carbocycles. The molecular weight excluding hydrogens is 1460 g/mol. The number of methoxy groups -OCH3 is 1. The van der Waals surface area contributed by atoms with Gasteiger partial charge in [-0.1, -0.05) is 99.6 Å². The zero-order valence-electron chi connectivity index (χ0n) is 69.3. The van der Waals surface area contributed by atoms with Gasteiger partial charge >= 0.3 is 18.2 Å². The van der Waals surface area contributed by atoms with Gasteiger partial charge < -0.3 is 69.7 Å². The lowest BCUT2D eigenvalue weighted by molar-refractivity contribution is -0.151. The fourth-order valence-corrected chi connectivity index (χ4v) is 11.8. The molecule has 3 unspecified atom stereocenters. The summed E-state index contributed by atoms with van der Waals surface area (Å²) in [4.78, 5) is 47.6. The monoisotopic (exact) mass is 1570 g/mol. The first-order valence-corrected chi connectivity index (χ1v) is 38.6. The van der Waals surface area contributed by atoms with Crippen molar-refractivity contribution in [2.45, 2.75) is 170 Å². The van der Waals surface area contributed by atoms with Gasteiger partial charge in [-0.05, 0) is 230 Å². The number of allylic oxidation sites excluding steroid dienone is 1. The van der Waals surface area contributed by atoms with Crippen LogP contribution in [-0.2, 0) is 23.7 Å². The van der Waals surface area contributed by atoms with Gasteiger partial charge in [0.1, 0.15) is 86.5 Å². The third kappa shape index (κ3) is 31.9. The third-order valence-electron chi connectivity index (χ3n) is 17.1. The van der Waals surface area contributed by atoms with Gasteiger partial charge in [-0.25, -0.2) is 19.3 Å². The molecule has 115 heavy (non-hydrogen) atoms. The zero-order valence-corrected chi connectivity index (χ0v) is 69.3. The molecule has 614 valence electrons. The van der Waals surface area contributed by atoms with E-state index in [1.54, 1.807) is 45.7 Å². The molecule has 11 rings (SSSR count). The van der Waals surface area contributed by atoms with Gasteiger partial charge in [0.05, 0.1) is 32.3 Å². The number of nitrogens with one attached hydrogen (secondary N) is 2. The summed E-state index contributed by atoms with van der Waals surface area (Å²) in [6.45, 7) is 49.7. The molecule has 0 radical (unpaired) electrons. The summed E-state index contributed by atoms with van der Waals surface area (Å²) in [5, 5.41) is 38.1. The molecule has 0 spiro atoms. The number of aliphatic hydroxyl groups is 1. The number of ether oxygens (including phenoxy) is 7. The Bertz CT molecular complexity index is 4440. The Labute approximate surface area is 679 Å². The number of hydrogen-bond acceptors (Lipinski definition) is 21. The molecule has 8 aromatic rings. The zero-order chi connectivity index (χ0) is 84.7. The van der Waals surface area contributed by atoms with Crippen molar-refractivity contribution >= 4 is 46.9 Å². The summed E-state index contributed by atoms with van der Waals surface area (Å²) in [7, 11) is 1.43. The van der Waals surface area contributed by atoms with Crippen LogP contribution in [0.1, 0.15) is 153 Å². The maximum atomic E-state index is 12.6. The quantitative estimate of drug-likeness (QED) is 0.00995. The van der Waals surface area contributed by atoms with Crippen molar-refractivity contribution in [1.29, 1.82) is 10.5 Å². The lowest BCUT2D eigenvalue weighted by Crippen LogP contribution is -2.51. The number of carbonyl (C=O) groups is 3. The number of amides is 2. The minimum atomic E-state index is -0.560. The Morgan fingerprint density at radius 2 is 0.930 bits per heavy atom. The largest absolute Gasteiger partial charge is 0.494 e. The van der Waals surface area contributed by atoms with Gasteiger partial charge in [0.2, 0.25) is 0 Å². The Morgan fingerprint density at radius 3 is 1.25 bits per heavy atom. The van der Waals surface area contributed by atoms with Crippen molar-refractivity contribution in [2.75, 3.05) is 84.1 Å². The molecule has 3 aliphatic heterocycles. The average molecular weight is 1570 g/mol. The molecule has 9 N–H and O–H groups in total. The van der Waals surface area contributed by atoms with Crippen LogP contribution in [0.5, 0.6) is 34.5 Å². The van der Waals surface area contributed by atoms with Gasteiger partial charge in [0.25, 0.3) is 11.4 Å². The second-order valence-corrected chi connectivity index (χ2v) is 29.5. The first kappa shape index (κ1) is 93.6. The number of anilines is 2. The van der Waals surface area contributed by atoms with Gasteiger partial charge in [-0.15, -0.1) is 0 Å². The normalized spacial score (nSPS) is 14.8. The van der Waals surface area contributed by atoms with E-state index in [4.69, 9.17) is 84.3 Å². The number of esters is 1. The Morgan fingerprint density at radius 1 is 0.565 bits per heavy atom. The number of rotatable bonds is 16. The Hall–Kier alpha value is -12.0. The molecule has 3 saturated heterocycles. The summed E-state index contributed by atoms with van der Waals surface area (Å²) in [5.41, 5.74) is 18.1. The van der Waals surface area contributed by atoms with Crippen LogP contribution in [-0.4, -0.2) is 153 Å². The standard InChI is InChI=1S/C26H29N5O3.C21H21N5O.C17H12N2O2.C10H21N3O2.C6H15N.C6H12O2.C2H6O/c1-26(2,3)34-25(32)30-16-8-9-19(17-30)31-24(27)23(28-4)22(29-31)18-12-14-21(15-13-18)33-20-10-6-5-7-11-20;1-23-20-19(25-26(21(20)22)16-6-5-13-24-14-16)15-9-11-18(12-10-15)27-17-7-3-2-4-8-17;1-20-17(14(11-18)12-19)13-7-9-16(10-8-13)21-15-5-3-2-4-6-15;1-10(2,3)15-9(14)13-6-4-5-8(7-13)12-11;1-4-7(5-2)6-3;1-5(7)8-6(2,3)4;1-2-3/h5-7,10-15,19H,8-9,16-17,27H2,1-3H3;2-4,7-12,16,24H,5-6,13-14,22H2;2-10H,1H3;8,12H,4-7,11H2,1-3H3;4-6H2,1-3H3;1-4H3;3H,2H2,1H3. The van der Waals surface area contributed by atoms with Crippen LogP contribution in [0.25, 0.3) is 38.0 Å². The van der Waals surface area contributed by atoms with Crippen LogP contribution >= 0.6 is 0 Å². The van der Waals surface area contributed by atoms with E-state index in [-0.39, 0.29) is 59.8 Å². The van der Waals surface area contributed by atoms with Crippen molar-refractivity contribution in [3.05, 3.63) is 198 Å². The van der Waals surface area contributed by atoms with Crippen LogP contribution in [0.15, 0.2) is 169 Å². The third-order valence-corrected chi connectivity index (χ3v) is 17.1. The number of aromatic nitrogens is 4. The van der Waals surface area contributed by atoms with E-state index >= 15 is 0 Å². The van der Waals surface area contributed by atoms with Gasteiger partial charge in [-0.3, -0.25) is 25.4 Å². The molecule has 5 heterocycles. The van der Waals surface area contributed by atoms with Gasteiger partial charge in [0.15, 0.2) is 11.3 Å². The van der Waals surface area contributed by atoms with Crippen molar-refractivity contribution in [3.63, 3.8) is 0 Å². The molecule has 3 fully saturated rings. The van der Waals surface area contributed by atoms with E-state index in [0.717, 1.165) is 92.3 Å². The number of benzene rings is 6. The highest BCUT2D eigenvalue weighted by Crippen LogP contribution is 2.41. The van der Waals surface area contributed by atoms with Crippen molar-refractivity contribution < 1.29 is 52.6 Å². The minimum absolute atomic E-state index is 0.0609. The number of hydrogen-bond donors (Lipinski definition) is 6. The molecule has 0 bridgehead atoms. The Balaban J connectivity index is 0.000000262. The van der Waals surface area contributed by atoms with Crippen LogP contribution < -0.4 is 42.3 Å². The number of nitriles is 2. The number of nitrogens with zero attached hydrogens (tertiary/aromatic N) is 11. The Kier molecular flexibility index (Phi) is 38.7. The lowest BCUT2D eigenvalue weighted by Gasteiger charge is -2.34. The lowest BCUT2D eigenvalue weighted by atomic mass is 10.1. The molecule has 2 aromatic heterocycles. The topological polar surface area (TPSA) is 340 Å². The van der Waals surface area contributed by atoms with Gasteiger partial charge in [0, 0.05) is 57.9 Å². The molecular formula is C88H116N16O11. The molecule has 2 amide bonds. The van der Waals surface area contributed by atoms with E-state index in [1.807, 2.05) is 219 Å². The molecule has 0 aliphatic carbocycles. The number of hydrazine groups is 1. The predicted molar refractivity (Wildman–Crippen MR) is 451 cm³/mol. The number of carbonyl (C=O) groups excluding carboxylic acids is 3. The molecule has 3 aliphatic rings.